The van der Waals surface area contributed by atoms with Gasteiger partial charge in [0.2, 0.25) is 0 Å². The molecule has 1 atom stereocenters. The summed E-state index contributed by atoms with van der Waals surface area (Å²) < 4.78 is 5.27. The molecule has 0 saturated carbocycles. The van der Waals surface area contributed by atoms with Crippen molar-refractivity contribution in [3.8, 4) is 22.6 Å². The molecular formula is C25H22N6O. The average molecular weight is 422 g/mol. The molecule has 0 radical (unpaired) electrons. The van der Waals surface area contributed by atoms with E-state index in [1.807, 2.05) is 42.5 Å². The van der Waals surface area contributed by atoms with E-state index in [2.05, 4.69) is 27.4 Å². The van der Waals surface area contributed by atoms with Crippen LogP contribution in [0.1, 0.15) is 5.56 Å². The van der Waals surface area contributed by atoms with Crippen molar-refractivity contribution in [2.45, 2.75) is 12.5 Å². The Morgan fingerprint density at radius 1 is 0.906 bits per heavy atom. The monoisotopic (exact) mass is 422 g/mol. The Hall–Kier alpha value is -4.10. The van der Waals surface area contributed by atoms with E-state index in [-0.39, 0.29) is 6.04 Å². The highest BCUT2D eigenvalue weighted by molar-refractivity contribution is 5.98. The Balaban J connectivity index is 1.52. The first kappa shape index (κ1) is 19.8. The Morgan fingerprint density at radius 3 is 2.53 bits per heavy atom. The summed E-state index contributed by atoms with van der Waals surface area (Å²) in [6, 6.07) is 17.7. The number of benzene rings is 1. The Bertz CT molecular complexity index is 1310. The average Bonchev–Trinajstić information content (AvgIpc) is 3.38. The molecule has 0 unspecified atom stereocenters. The number of nitrogens with zero attached hydrogens (tertiary/aromatic N) is 4. The largest absolute Gasteiger partial charge is 0.472 e. The number of hydrogen-bond acceptors (Lipinski definition) is 7. The Morgan fingerprint density at radius 2 is 1.75 bits per heavy atom. The van der Waals surface area contributed by atoms with Crippen LogP contribution < -0.4 is 11.1 Å². The molecule has 4 aromatic heterocycles. The SMILES string of the molecule is N[C@@H](CNc1nc(-c2ccncc2)nc2c(-c3ccoc3)nccc12)Cc1ccccc1. The fourth-order valence-corrected chi connectivity index (χ4v) is 3.65. The summed E-state index contributed by atoms with van der Waals surface area (Å²) in [6.45, 7) is 0.570. The molecule has 0 aliphatic carbocycles. The molecule has 0 fully saturated rings. The number of anilines is 1. The van der Waals surface area contributed by atoms with Gasteiger partial charge in [-0.05, 0) is 36.2 Å². The van der Waals surface area contributed by atoms with E-state index in [1.165, 1.54) is 5.56 Å². The van der Waals surface area contributed by atoms with Gasteiger partial charge in [0.05, 0.1) is 18.2 Å². The first-order valence-corrected chi connectivity index (χ1v) is 10.4. The number of rotatable bonds is 7. The first-order valence-electron chi connectivity index (χ1n) is 10.4. The number of furan rings is 1. The summed E-state index contributed by atoms with van der Waals surface area (Å²) in [6.07, 6.45) is 9.28. The van der Waals surface area contributed by atoms with Gasteiger partial charge in [0.1, 0.15) is 11.3 Å². The van der Waals surface area contributed by atoms with Crippen molar-refractivity contribution in [2.24, 2.45) is 5.73 Å². The van der Waals surface area contributed by atoms with Gasteiger partial charge in [-0.3, -0.25) is 9.97 Å². The standard InChI is InChI=1S/C25H22N6O/c26-20(14-17-4-2-1-3-5-17)15-29-25-21-8-12-28-22(19-9-13-32-16-19)23(21)30-24(31-25)18-6-10-27-11-7-18/h1-13,16,20H,14-15,26H2,(H,29,30,31)/t20-/m1/s1. The Kier molecular flexibility index (Phi) is 5.55. The number of nitrogens with two attached hydrogens (primary N) is 1. The van der Waals surface area contributed by atoms with Crippen LogP contribution >= 0.6 is 0 Å². The number of hydrogen-bond donors (Lipinski definition) is 2. The van der Waals surface area contributed by atoms with Crippen molar-refractivity contribution >= 4 is 16.7 Å². The predicted octanol–water partition coefficient (Wildman–Crippen LogP) is 4.33. The minimum absolute atomic E-state index is 0.0676. The van der Waals surface area contributed by atoms with Crippen molar-refractivity contribution in [3.63, 3.8) is 0 Å². The smallest absolute Gasteiger partial charge is 0.162 e. The van der Waals surface area contributed by atoms with Gasteiger partial charge in [-0.15, -0.1) is 0 Å². The summed E-state index contributed by atoms with van der Waals surface area (Å²) in [4.78, 5) is 18.3. The third-order valence-electron chi connectivity index (χ3n) is 5.22. The molecule has 5 rings (SSSR count). The minimum atomic E-state index is -0.0676. The minimum Gasteiger partial charge on any atom is -0.472 e. The molecule has 32 heavy (non-hydrogen) atoms. The second-order valence-electron chi connectivity index (χ2n) is 7.53. The maximum atomic E-state index is 6.41. The molecule has 0 spiro atoms. The predicted molar refractivity (Wildman–Crippen MR) is 125 cm³/mol. The van der Waals surface area contributed by atoms with Crippen LogP contribution in [0.4, 0.5) is 5.82 Å². The molecule has 7 heteroatoms. The second kappa shape index (κ2) is 8.95. The lowest BCUT2D eigenvalue weighted by Crippen LogP contribution is -2.31. The zero-order chi connectivity index (χ0) is 21.8. The van der Waals surface area contributed by atoms with Gasteiger partial charge in [-0.1, -0.05) is 30.3 Å². The van der Waals surface area contributed by atoms with E-state index < -0.39 is 0 Å². The van der Waals surface area contributed by atoms with E-state index in [4.69, 9.17) is 20.1 Å². The van der Waals surface area contributed by atoms with Crippen molar-refractivity contribution in [2.75, 3.05) is 11.9 Å². The molecule has 0 amide bonds. The molecule has 0 bridgehead atoms. The molecule has 7 nitrogen and oxygen atoms in total. The summed E-state index contributed by atoms with van der Waals surface area (Å²) in [7, 11) is 0. The third kappa shape index (κ3) is 4.19. The zero-order valence-electron chi connectivity index (χ0n) is 17.3. The van der Waals surface area contributed by atoms with E-state index >= 15 is 0 Å². The van der Waals surface area contributed by atoms with Gasteiger partial charge in [0, 0.05) is 47.7 Å². The van der Waals surface area contributed by atoms with E-state index in [1.54, 1.807) is 31.1 Å². The molecular weight excluding hydrogens is 400 g/mol. The lowest BCUT2D eigenvalue weighted by Gasteiger charge is -2.16. The first-order chi connectivity index (χ1) is 15.8. The van der Waals surface area contributed by atoms with E-state index in [0.29, 0.717) is 12.4 Å². The maximum Gasteiger partial charge on any atom is 0.162 e. The number of aromatic nitrogens is 4. The van der Waals surface area contributed by atoms with Gasteiger partial charge < -0.3 is 15.5 Å². The summed E-state index contributed by atoms with van der Waals surface area (Å²) >= 11 is 0. The topological polar surface area (TPSA) is 103 Å². The highest BCUT2D eigenvalue weighted by Crippen LogP contribution is 2.31. The van der Waals surface area contributed by atoms with Crippen LogP contribution in [0, 0.1) is 0 Å². The van der Waals surface area contributed by atoms with Crippen molar-refractivity contribution in [3.05, 3.63) is 91.3 Å². The highest BCUT2D eigenvalue weighted by Gasteiger charge is 2.16. The van der Waals surface area contributed by atoms with Crippen molar-refractivity contribution in [1.29, 1.82) is 0 Å². The van der Waals surface area contributed by atoms with Crippen LogP contribution in [0.25, 0.3) is 33.5 Å². The van der Waals surface area contributed by atoms with Crippen LogP contribution in [0.2, 0.25) is 0 Å². The quantitative estimate of drug-likeness (QED) is 0.402. The molecule has 0 aliphatic heterocycles. The van der Waals surface area contributed by atoms with Gasteiger partial charge in [-0.25, -0.2) is 9.97 Å². The van der Waals surface area contributed by atoms with Crippen LogP contribution in [-0.2, 0) is 6.42 Å². The second-order valence-corrected chi connectivity index (χ2v) is 7.53. The molecule has 0 saturated heterocycles. The lowest BCUT2D eigenvalue weighted by atomic mass is 10.1. The van der Waals surface area contributed by atoms with Crippen LogP contribution in [0.5, 0.6) is 0 Å². The molecule has 0 aliphatic rings. The number of fused-ring (bicyclic) bond motifs is 1. The maximum absolute atomic E-state index is 6.41. The fraction of sp³-hybridized carbons (Fsp3) is 0.120. The summed E-state index contributed by atoms with van der Waals surface area (Å²) in [5.74, 6) is 1.31. The number of nitrogens with one attached hydrogen (secondary N) is 1. The molecule has 3 N–H and O–H groups in total. The van der Waals surface area contributed by atoms with Crippen molar-refractivity contribution in [1.82, 2.24) is 19.9 Å². The molecule has 158 valence electrons. The molecule has 1 aromatic carbocycles. The normalized spacial score (nSPS) is 12.0. The summed E-state index contributed by atoms with van der Waals surface area (Å²) in [5, 5.41) is 4.32. The summed E-state index contributed by atoms with van der Waals surface area (Å²) in [5.41, 5.74) is 10.8. The van der Waals surface area contributed by atoms with E-state index in [9.17, 15) is 0 Å². The van der Waals surface area contributed by atoms with Crippen LogP contribution in [-0.4, -0.2) is 32.5 Å². The lowest BCUT2D eigenvalue weighted by molar-refractivity contribution is 0.568. The van der Waals surface area contributed by atoms with Crippen molar-refractivity contribution < 1.29 is 4.42 Å². The van der Waals surface area contributed by atoms with Crippen LogP contribution in [0.3, 0.4) is 0 Å². The highest BCUT2D eigenvalue weighted by atomic mass is 16.3. The van der Waals surface area contributed by atoms with Gasteiger partial charge in [0.25, 0.3) is 0 Å². The molecule has 4 heterocycles. The Labute approximate surface area is 185 Å². The van der Waals surface area contributed by atoms with Gasteiger partial charge in [-0.2, -0.15) is 0 Å². The van der Waals surface area contributed by atoms with Crippen LogP contribution in [0.15, 0.2) is 90.1 Å². The fourth-order valence-electron chi connectivity index (χ4n) is 3.65. The van der Waals surface area contributed by atoms with E-state index in [0.717, 1.165) is 40.0 Å². The molecule has 5 aromatic rings. The zero-order valence-corrected chi connectivity index (χ0v) is 17.3. The number of pyridine rings is 2. The van der Waals surface area contributed by atoms with Gasteiger partial charge in [0.15, 0.2) is 5.82 Å². The third-order valence-corrected chi connectivity index (χ3v) is 5.22. The van der Waals surface area contributed by atoms with Gasteiger partial charge >= 0.3 is 0 Å².